The maximum Gasteiger partial charge on any atom is 0.481 e. The van der Waals surface area contributed by atoms with Crippen molar-refractivity contribution in [3.63, 3.8) is 0 Å². The number of amides is 2. The first kappa shape index (κ1) is 58.1. The Morgan fingerprint density at radius 2 is 1.58 bits per heavy atom. The van der Waals surface area contributed by atoms with E-state index in [4.69, 9.17) is 19.5 Å². The van der Waals surface area contributed by atoms with E-state index in [1.54, 1.807) is 12.2 Å². The van der Waals surface area contributed by atoms with Crippen LogP contribution >= 0.6 is 35.2 Å². The van der Waals surface area contributed by atoms with Crippen LogP contribution in [0.4, 0.5) is 5.82 Å². The number of unbranched alkanes of at least 4 members (excludes halogenated alkanes) is 9. The number of hydrogen-bond donors (Lipinski definition) is 9. The van der Waals surface area contributed by atoms with E-state index in [2.05, 4.69) is 47.4 Å². The average molecular weight is 1030 g/mol. The lowest BCUT2D eigenvalue weighted by Crippen LogP contribution is -2.46. The molecule has 378 valence electrons. The summed E-state index contributed by atoms with van der Waals surface area (Å²) in [4.78, 5) is 88.2. The van der Waals surface area contributed by atoms with Crippen molar-refractivity contribution in [3.05, 3.63) is 49.1 Å². The molecule has 1 aliphatic rings. The van der Waals surface area contributed by atoms with Gasteiger partial charge in [0.2, 0.25) is 16.9 Å². The van der Waals surface area contributed by atoms with E-state index in [1.807, 2.05) is 12.2 Å². The van der Waals surface area contributed by atoms with Gasteiger partial charge in [-0.05, 0) is 18.9 Å². The monoisotopic (exact) mass is 1030 g/mol. The van der Waals surface area contributed by atoms with Gasteiger partial charge in [0, 0.05) is 30.7 Å². The molecule has 0 radical (unpaired) electrons. The van der Waals surface area contributed by atoms with Crippen LogP contribution in [-0.4, -0.2) is 123 Å². The average Bonchev–Trinajstić information content (AvgIpc) is 3.81. The summed E-state index contributed by atoms with van der Waals surface area (Å²) < 4.78 is 62.4. The van der Waals surface area contributed by atoms with E-state index < -0.39 is 84.6 Å². The summed E-state index contributed by atoms with van der Waals surface area (Å²) in [5.74, 6) is -1.16. The van der Waals surface area contributed by atoms with Gasteiger partial charge in [0.25, 0.3) is 0 Å². The van der Waals surface area contributed by atoms with Crippen molar-refractivity contribution in [3.8, 4) is 0 Å². The molecule has 24 nitrogen and oxygen atoms in total. The smallest absolute Gasteiger partial charge is 0.386 e. The van der Waals surface area contributed by atoms with Crippen molar-refractivity contribution < 1.29 is 80.5 Å². The standard InChI is InChI=1S/C39H64N7O17P3S/c1-4-5-6-7-8-9-10-11-12-13-14-15-16-17-18-19-30(48)67-23-22-41-29(47)20-21-42-37(51)34(50)39(2,3)25-60-66(57,58)63-65(55,56)59-24-28-33(62-64(52,53)54)32(49)38(61-28)46-27-45-31-35(40)43-26-44-36(31)46/h14-19,26-28,32-34,38,49-50H,4-13,20-25H2,1-3H3,(H,41,47)(H,42,51)(H,55,56)(H,57,58)(H2,40,43,44)(H2,52,53,54)/t28-,32-,33-,34+,38-/m1/s1. The van der Waals surface area contributed by atoms with Crippen LogP contribution in [0.25, 0.3) is 11.2 Å². The van der Waals surface area contributed by atoms with E-state index in [-0.39, 0.29) is 41.6 Å². The summed E-state index contributed by atoms with van der Waals surface area (Å²) >= 11 is 1.02. The van der Waals surface area contributed by atoms with Crippen molar-refractivity contribution in [1.29, 1.82) is 0 Å². The predicted octanol–water partition coefficient (Wildman–Crippen LogP) is 4.25. The number of nitrogen functional groups attached to an aromatic ring is 1. The molecular formula is C39H64N7O17P3S. The number of aliphatic hydroxyl groups excluding tert-OH is 2. The van der Waals surface area contributed by atoms with Crippen molar-refractivity contribution in [2.75, 3.05) is 37.8 Å². The maximum atomic E-state index is 12.7. The third-order valence-electron chi connectivity index (χ3n) is 9.92. The number of rotatable bonds is 32. The Hall–Kier alpha value is -3.22. The van der Waals surface area contributed by atoms with Gasteiger partial charge in [0.15, 0.2) is 17.7 Å². The number of ether oxygens (including phenoxy) is 1. The largest absolute Gasteiger partial charge is 0.481 e. The van der Waals surface area contributed by atoms with Crippen LogP contribution in [0.1, 0.15) is 97.6 Å². The number of carbonyl (C=O) groups is 3. The molecule has 2 unspecified atom stereocenters. The van der Waals surface area contributed by atoms with Crippen LogP contribution in [0.2, 0.25) is 0 Å². The van der Waals surface area contributed by atoms with Crippen molar-refractivity contribution in [2.45, 2.75) is 122 Å². The molecule has 3 heterocycles. The van der Waals surface area contributed by atoms with Gasteiger partial charge < -0.3 is 50.9 Å². The summed E-state index contributed by atoms with van der Waals surface area (Å²) in [6.45, 7) is 2.68. The Bertz CT molecular complexity index is 2140. The molecule has 67 heavy (non-hydrogen) atoms. The minimum Gasteiger partial charge on any atom is -0.386 e. The summed E-state index contributed by atoms with van der Waals surface area (Å²) in [6.07, 6.45) is 16.4. The Morgan fingerprint density at radius 3 is 2.27 bits per heavy atom. The number of nitrogens with one attached hydrogen (secondary N) is 2. The van der Waals surface area contributed by atoms with Crippen LogP contribution in [0, 0.1) is 5.41 Å². The molecule has 28 heteroatoms. The Morgan fingerprint density at radius 1 is 0.925 bits per heavy atom. The summed E-state index contributed by atoms with van der Waals surface area (Å²) in [7, 11) is -16.4. The lowest BCUT2D eigenvalue weighted by atomic mass is 9.87. The van der Waals surface area contributed by atoms with Crippen LogP contribution in [0.5, 0.6) is 0 Å². The summed E-state index contributed by atoms with van der Waals surface area (Å²) in [6, 6.07) is 0. The van der Waals surface area contributed by atoms with E-state index in [0.717, 1.165) is 41.8 Å². The zero-order valence-electron chi connectivity index (χ0n) is 37.6. The molecule has 2 aromatic heterocycles. The molecule has 0 spiro atoms. The van der Waals surface area contributed by atoms with E-state index >= 15 is 0 Å². The summed E-state index contributed by atoms with van der Waals surface area (Å²) in [5.41, 5.74) is 4.27. The number of hydrogen-bond acceptors (Lipinski definition) is 18. The van der Waals surface area contributed by atoms with Gasteiger partial charge in [0.1, 0.15) is 36.3 Å². The number of anilines is 1. The molecule has 7 atom stereocenters. The number of carbonyl (C=O) groups excluding carboxylic acids is 3. The van der Waals surface area contributed by atoms with Crippen LogP contribution in [0.15, 0.2) is 49.1 Å². The van der Waals surface area contributed by atoms with Gasteiger partial charge in [-0.3, -0.25) is 32.5 Å². The minimum absolute atomic E-state index is 0.0300. The van der Waals surface area contributed by atoms with E-state index in [1.165, 1.54) is 71.3 Å². The molecule has 0 bridgehead atoms. The Labute approximate surface area is 393 Å². The molecule has 2 amide bonds. The fraction of sp³-hybridized carbons (Fsp3) is 0.641. The SMILES string of the molecule is CCCCCCCCCCCC=CC=CC=CC(=O)SCCNC(=O)CCNC(=O)[C@H](O)C(C)(C)COP(=O)(O)OP(=O)(O)OC[C@H]1O[C@@H](n2cnc3c(N)ncnc32)[C@H](O)[C@@H]1OP(=O)(O)O. The van der Waals surface area contributed by atoms with Crippen LogP contribution in [-0.2, 0) is 50.7 Å². The number of nitrogens with zero attached hydrogens (tertiary/aromatic N) is 4. The first-order chi connectivity index (χ1) is 31.6. The lowest BCUT2D eigenvalue weighted by molar-refractivity contribution is -0.137. The predicted molar refractivity (Wildman–Crippen MR) is 246 cm³/mol. The second kappa shape index (κ2) is 28.4. The van der Waals surface area contributed by atoms with Gasteiger partial charge in [-0.15, -0.1) is 0 Å². The number of nitrogens with two attached hydrogens (primary N) is 1. The fourth-order valence-corrected chi connectivity index (χ4v) is 9.75. The first-order valence-corrected chi connectivity index (χ1v) is 27.1. The topological polar surface area (TPSA) is 364 Å². The van der Waals surface area contributed by atoms with Crippen molar-refractivity contribution >= 4 is 69.1 Å². The highest BCUT2D eigenvalue weighted by Crippen LogP contribution is 2.61. The van der Waals surface area contributed by atoms with Gasteiger partial charge >= 0.3 is 23.5 Å². The van der Waals surface area contributed by atoms with E-state index in [0.29, 0.717) is 5.75 Å². The summed E-state index contributed by atoms with van der Waals surface area (Å²) in [5, 5.41) is 26.3. The molecule has 1 fully saturated rings. The lowest BCUT2D eigenvalue weighted by Gasteiger charge is -2.30. The Balaban J connectivity index is 1.34. The first-order valence-electron chi connectivity index (χ1n) is 21.6. The van der Waals surface area contributed by atoms with Crippen molar-refractivity contribution in [1.82, 2.24) is 30.2 Å². The fourth-order valence-electron chi connectivity index (χ4n) is 6.34. The zero-order chi connectivity index (χ0) is 49.7. The molecule has 2 aromatic rings. The van der Waals surface area contributed by atoms with Crippen LogP contribution in [0.3, 0.4) is 0 Å². The number of imidazole rings is 1. The Kier molecular flexibility index (Phi) is 24.7. The van der Waals surface area contributed by atoms with Crippen LogP contribution < -0.4 is 16.4 Å². The normalized spacial score (nSPS) is 20.4. The highest BCUT2D eigenvalue weighted by atomic mass is 32.2. The molecule has 3 rings (SSSR count). The third-order valence-corrected chi connectivity index (χ3v) is 13.9. The molecular weight excluding hydrogens is 963 g/mol. The second-order valence-electron chi connectivity index (χ2n) is 16.0. The minimum atomic E-state index is -5.58. The quantitative estimate of drug-likeness (QED) is 0.0214. The molecule has 1 saturated heterocycles. The van der Waals surface area contributed by atoms with Crippen molar-refractivity contribution in [2.24, 2.45) is 5.41 Å². The molecule has 1 aliphatic heterocycles. The maximum absolute atomic E-state index is 12.7. The number of phosphoric acid groups is 3. The number of aliphatic hydroxyl groups is 2. The number of phosphoric ester groups is 3. The number of allylic oxidation sites excluding steroid dienone is 5. The number of aromatic nitrogens is 4. The number of thioether (sulfide) groups is 1. The third kappa shape index (κ3) is 21.5. The second-order valence-corrected chi connectivity index (χ2v) is 21.4. The highest BCUT2D eigenvalue weighted by Gasteiger charge is 2.50. The molecule has 0 saturated carbocycles. The van der Waals surface area contributed by atoms with Gasteiger partial charge in [0.05, 0.1) is 19.5 Å². The van der Waals surface area contributed by atoms with Gasteiger partial charge in [-0.25, -0.2) is 28.6 Å². The highest BCUT2D eigenvalue weighted by molar-refractivity contribution is 8.14. The zero-order valence-corrected chi connectivity index (χ0v) is 41.1. The van der Waals surface area contributed by atoms with Gasteiger partial charge in [-0.1, -0.05) is 114 Å². The molecule has 10 N–H and O–H groups in total. The number of fused-ring (bicyclic) bond motifs is 1. The molecule has 0 aliphatic carbocycles. The van der Waals surface area contributed by atoms with Gasteiger partial charge in [-0.2, -0.15) is 4.31 Å². The molecule has 0 aromatic carbocycles. The van der Waals surface area contributed by atoms with E-state index in [9.17, 15) is 57.9 Å².